The van der Waals surface area contributed by atoms with E-state index in [9.17, 15) is 4.79 Å². The van der Waals surface area contributed by atoms with Crippen LogP contribution < -0.4 is 4.74 Å². The van der Waals surface area contributed by atoms with Crippen LogP contribution in [-0.2, 0) is 9.53 Å². The van der Waals surface area contributed by atoms with Gasteiger partial charge in [0.25, 0.3) is 0 Å². The second-order valence-electron chi connectivity index (χ2n) is 4.61. The fraction of sp³-hybridized carbons (Fsp3) is 0.533. The van der Waals surface area contributed by atoms with E-state index in [4.69, 9.17) is 9.47 Å². The maximum absolute atomic E-state index is 10.7. The summed E-state index contributed by atoms with van der Waals surface area (Å²) in [6.07, 6.45) is 0.903. The minimum absolute atomic E-state index is 0.225. The molecule has 3 nitrogen and oxygen atoms in total. The lowest BCUT2D eigenvalue weighted by atomic mass is 9.99. The monoisotopic (exact) mass is 250 g/mol. The Bertz CT molecular complexity index is 370. The van der Waals surface area contributed by atoms with Crippen molar-refractivity contribution in [1.82, 2.24) is 0 Å². The minimum atomic E-state index is -0.279. The Morgan fingerprint density at radius 1 is 1.22 bits per heavy atom. The highest BCUT2D eigenvalue weighted by atomic mass is 16.6. The van der Waals surface area contributed by atoms with E-state index in [0.29, 0.717) is 12.5 Å². The van der Waals surface area contributed by atoms with E-state index in [1.807, 2.05) is 19.1 Å². The van der Waals surface area contributed by atoms with Gasteiger partial charge in [0.1, 0.15) is 18.5 Å². The van der Waals surface area contributed by atoms with Crippen LogP contribution in [-0.4, -0.2) is 18.7 Å². The van der Waals surface area contributed by atoms with E-state index < -0.39 is 0 Å². The van der Waals surface area contributed by atoms with Gasteiger partial charge >= 0.3 is 5.97 Å². The average Bonchev–Trinajstić information content (AvgIpc) is 2.35. The molecule has 0 aliphatic rings. The molecule has 3 heteroatoms. The lowest BCUT2D eigenvalue weighted by Crippen LogP contribution is -2.20. The fourth-order valence-electron chi connectivity index (χ4n) is 1.66. The van der Waals surface area contributed by atoms with Crippen LogP contribution in [0.2, 0.25) is 0 Å². The molecule has 1 rings (SSSR count). The van der Waals surface area contributed by atoms with E-state index in [1.165, 1.54) is 12.5 Å². The van der Waals surface area contributed by atoms with Crippen LogP contribution >= 0.6 is 0 Å². The van der Waals surface area contributed by atoms with E-state index in [-0.39, 0.29) is 12.1 Å². The molecule has 0 aliphatic heterocycles. The van der Waals surface area contributed by atoms with Crippen LogP contribution in [0.4, 0.5) is 0 Å². The summed E-state index contributed by atoms with van der Waals surface area (Å²) in [5.74, 6) is 1.10. The van der Waals surface area contributed by atoms with Gasteiger partial charge in [-0.1, -0.05) is 26.0 Å². The van der Waals surface area contributed by atoms with E-state index in [2.05, 4.69) is 26.0 Å². The Morgan fingerprint density at radius 3 is 2.33 bits per heavy atom. The molecule has 0 bridgehead atoms. The maximum Gasteiger partial charge on any atom is 0.303 e. The molecule has 0 radical (unpaired) electrons. The number of esters is 1. The van der Waals surface area contributed by atoms with Gasteiger partial charge in [0.2, 0.25) is 0 Å². The summed E-state index contributed by atoms with van der Waals surface area (Å²) in [4.78, 5) is 10.7. The zero-order chi connectivity index (χ0) is 13.5. The van der Waals surface area contributed by atoms with Crippen molar-refractivity contribution in [3.8, 4) is 5.75 Å². The fourth-order valence-corrected chi connectivity index (χ4v) is 1.66. The van der Waals surface area contributed by atoms with Gasteiger partial charge in [-0.15, -0.1) is 0 Å². The van der Waals surface area contributed by atoms with Gasteiger partial charge < -0.3 is 9.47 Å². The van der Waals surface area contributed by atoms with Crippen molar-refractivity contribution in [2.24, 2.45) is 0 Å². The third-order valence-corrected chi connectivity index (χ3v) is 2.91. The number of carbonyl (C=O) groups excluding carboxylic acids is 1. The average molecular weight is 250 g/mol. The maximum atomic E-state index is 10.7. The van der Waals surface area contributed by atoms with Gasteiger partial charge in [-0.05, 0) is 37.0 Å². The predicted molar refractivity (Wildman–Crippen MR) is 71.9 cm³/mol. The van der Waals surface area contributed by atoms with Crippen molar-refractivity contribution in [2.75, 3.05) is 6.61 Å². The van der Waals surface area contributed by atoms with Gasteiger partial charge in [0.15, 0.2) is 0 Å². The largest absolute Gasteiger partial charge is 0.490 e. The summed E-state index contributed by atoms with van der Waals surface area (Å²) < 4.78 is 10.5. The first-order valence-electron chi connectivity index (χ1n) is 6.43. The van der Waals surface area contributed by atoms with Crippen molar-refractivity contribution in [3.05, 3.63) is 29.8 Å². The number of ether oxygens (including phenoxy) is 2. The molecule has 0 N–H and O–H groups in total. The Balaban J connectivity index is 2.46. The third-order valence-electron chi connectivity index (χ3n) is 2.91. The van der Waals surface area contributed by atoms with Crippen LogP contribution in [0.5, 0.6) is 5.75 Å². The zero-order valence-corrected chi connectivity index (χ0v) is 11.6. The van der Waals surface area contributed by atoms with Gasteiger partial charge in [0, 0.05) is 6.92 Å². The summed E-state index contributed by atoms with van der Waals surface area (Å²) in [5.41, 5.74) is 1.32. The Hall–Kier alpha value is -1.51. The summed E-state index contributed by atoms with van der Waals surface area (Å²) in [6.45, 7) is 7.98. The van der Waals surface area contributed by atoms with Gasteiger partial charge in [-0.2, -0.15) is 0 Å². The molecule has 2 atom stereocenters. The molecule has 0 fully saturated rings. The normalized spacial score (nSPS) is 13.8. The van der Waals surface area contributed by atoms with Gasteiger partial charge in [0.05, 0.1) is 0 Å². The lowest BCUT2D eigenvalue weighted by molar-refractivity contribution is -0.146. The highest BCUT2D eigenvalue weighted by molar-refractivity contribution is 5.66. The van der Waals surface area contributed by atoms with E-state index >= 15 is 0 Å². The molecule has 0 heterocycles. The smallest absolute Gasteiger partial charge is 0.303 e. The van der Waals surface area contributed by atoms with Crippen LogP contribution in [0, 0.1) is 0 Å². The topological polar surface area (TPSA) is 35.5 Å². The molecule has 1 aromatic rings. The summed E-state index contributed by atoms with van der Waals surface area (Å²) in [6, 6.07) is 8.09. The van der Waals surface area contributed by atoms with Crippen LogP contribution in [0.1, 0.15) is 45.6 Å². The van der Waals surface area contributed by atoms with Crippen molar-refractivity contribution in [3.63, 3.8) is 0 Å². The molecule has 0 aliphatic carbocycles. The number of rotatable bonds is 6. The first-order valence-corrected chi connectivity index (χ1v) is 6.43. The standard InChI is InChI=1S/C15H22O3/c1-5-11(2)14-6-8-15(9-7-14)17-10-12(3)18-13(4)16/h6-9,11-12H,5,10H2,1-4H3/t11-,12+/m1/s1. The molecular formula is C15H22O3. The highest BCUT2D eigenvalue weighted by Crippen LogP contribution is 2.21. The van der Waals surface area contributed by atoms with Crippen LogP contribution in [0.15, 0.2) is 24.3 Å². The molecule has 0 saturated carbocycles. The van der Waals surface area contributed by atoms with Crippen molar-refractivity contribution in [2.45, 2.75) is 46.1 Å². The molecule has 0 spiro atoms. The molecule has 1 aromatic carbocycles. The lowest BCUT2D eigenvalue weighted by Gasteiger charge is -2.14. The van der Waals surface area contributed by atoms with Crippen molar-refractivity contribution in [1.29, 1.82) is 0 Å². The quantitative estimate of drug-likeness (QED) is 0.724. The summed E-state index contributed by atoms with van der Waals surface area (Å²) in [5, 5.41) is 0. The number of carbonyl (C=O) groups is 1. The van der Waals surface area contributed by atoms with Crippen molar-refractivity contribution < 1.29 is 14.3 Å². The zero-order valence-electron chi connectivity index (χ0n) is 11.6. The number of hydrogen-bond donors (Lipinski definition) is 0. The Labute approximate surface area is 109 Å². The predicted octanol–water partition coefficient (Wildman–Crippen LogP) is 3.53. The Morgan fingerprint density at radius 2 is 1.83 bits per heavy atom. The first-order chi connectivity index (χ1) is 8.52. The molecule has 100 valence electrons. The SMILES string of the molecule is CC[C@@H](C)c1ccc(OC[C@H](C)OC(C)=O)cc1. The van der Waals surface area contributed by atoms with Gasteiger partial charge in [-0.25, -0.2) is 0 Å². The van der Waals surface area contributed by atoms with E-state index in [0.717, 1.165) is 12.2 Å². The molecular weight excluding hydrogens is 228 g/mol. The molecule has 18 heavy (non-hydrogen) atoms. The van der Waals surface area contributed by atoms with Crippen LogP contribution in [0.3, 0.4) is 0 Å². The second-order valence-corrected chi connectivity index (χ2v) is 4.61. The third kappa shape index (κ3) is 4.78. The molecule has 0 unspecified atom stereocenters. The van der Waals surface area contributed by atoms with Crippen LogP contribution in [0.25, 0.3) is 0 Å². The second kappa shape index (κ2) is 7.04. The first kappa shape index (κ1) is 14.6. The highest BCUT2D eigenvalue weighted by Gasteiger charge is 2.07. The summed E-state index contributed by atoms with van der Waals surface area (Å²) >= 11 is 0. The van der Waals surface area contributed by atoms with E-state index in [1.54, 1.807) is 0 Å². The van der Waals surface area contributed by atoms with Crippen molar-refractivity contribution >= 4 is 5.97 Å². The summed E-state index contributed by atoms with van der Waals surface area (Å²) in [7, 11) is 0. The minimum Gasteiger partial charge on any atom is -0.490 e. The number of hydrogen-bond acceptors (Lipinski definition) is 3. The Kier molecular flexibility index (Phi) is 5.69. The molecule has 0 aromatic heterocycles. The molecule has 0 saturated heterocycles. The van der Waals surface area contributed by atoms with Gasteiger partial charge in [-0.3, -0.25) is 4.79 Å². The number of benzene rings is 1. The molecule has 0 amide bonds.